The molecule has 4 rings (SSSR count). The molecule has 1 atom stereocenters. The first-order valence-corrected chi connectivity index (χ1v) is 10.7. The number of nitrogens with one attached hydrogen (secondary N) is 1. The van der Waals surface area contributed by atoms with Crippen LogP contribution in [0, 0.1) is 21.7 Å². The molecule has 2 aliphatic heterocycles. The van der Waals surface area contributed by atoms with Crippen molar-refractivity contribution in [2.45, 2.75) is 37.9 Å². The number of halogens is 5. The number of rotatable bonds is 7. The maximum Gasteiger partial charge on any atom is 0.573 e. The van der Waals surface area contributed by atoms with E-state index in [9.17, 15) is 36.9 Å². The van der Waals surface area contributed by atoms with Crippen LogP contribution in [0.2, 0.25) is 0 Å². The lowest BCUT2D eigenvalue weighted by Gasteiger charge is -2.32. The lowest BCUT2D eigenvalue weighted by molar-refractivity contribution is -0.389. The Bertz CT molecular complexity index is 1110. The second kappa shape index (κ2) is 10.1. The number of carbonyl (C=O) groups is 1. The highest BCUT2D eigenvalue weighted by atomic mass is 19.4. The number of nitro groups is 1. The molecule has 2 aliphatic rings. The van der Waals surface area contributed by atoms with Crippen molar-refractivity contribution in [2.24, 2.45) is 0 Å². The van der Waals surface area contributed by atoms with Gasteiger partial charge in [0.1, 0.15) is 24.7 Å². The number of ether oxygens (including phenoxy) is 3. The maximum absolute atomic E-state index is 13.9. The number of aromatic nitrogens is 2. The third-order valence-electron chi connectivity index (χ3n) is 5.50. The third kappa shape index (κ3) is 6.30. The molecule has 16 heteroatoms. The molecule has 1 saturated heterocycles. The first kappa shape index (κ1) is 25.4. The Morgan fingerprint density at radius 1 is 1.25 bits per heavy atom. The number of piperidine rings is 1. The molecule has 2 aromatic rings. The van der Waals surface area contributed by atoms with Crippen LogP contribution >= 0.6 is 0 Å². The van der Waals surface area contributed by atoms with Crippen molar-refractivity contribution in [3.8, 4) is 17.5 Å². The summed E-state index contributed by atoms with van der Waals surface area (Å²) < 4.78 is 80.2. The van der Waals surface area contributed by atoms with Crippen LogP contribution < -0.4 is 19.5 Å². The van der Waals surface area contributed by atoms with E-state index in [-0.39, 0.29) is 43.2 Å². The number of nitrogens with zero attached hydrogens (tertiary/aromatic N) is 4. The number of alkyl halides is 3. The van der Waals surface area contributed by atoms with Crippen molar-refractivity contribution < 1.29 is 45.9 Å². The molecule has 1 amide bonds. The molecular formula is C20H20F5N5O6. The largest absolute Gasteiger partial charge is 0.573 e. The van der Waals surface area contributed by atoms with Crippen LogP contribution in [-0.2, 0) is 11.3 Å². The minimum atomic E-state index is -5.24. The van der Waals surface area contributed by atoms with Gasteiger partial charge >= 0.3 is 18.2 Å². The zero-order valence-electron chi connectivity index (χ0n) is 18.5. The van der Waals surface area contributed by atoms with Gasteiger partial charge in [-0.15, -0.1) is 13.2 Å². The molecule has 1 N–H and O–H groups in total. The summed E-state index contributed by atoms with van der Waals surface area (Å²) in [5.74, 6) is -5.54. The molecule has 0 aliphatic carbocycles. The highest BCUT2D eigenvalue weighted by molar-refractivity contribution is 5.78. The predicted molar refractivity (Wildman–Crippen MR) is 109 cm³/mol. The molecule has 0 radical (unpaired) electrons. The second-order valence-corrected chi connectivity index (χ2v) is 8.22. The van der Waals surface area contributed by atoms with E-state index in [4.69, 9.17) is 9.47 Å². The fraction of sp³-hybridized carbons (Fsp3) is 0.500. The van der Waals surface area contributed by atoms with E-state index >= 15 is 0 Å². The number of hydrogen-bond donors (Lipinski definition) is 1. The highest BCUT2D eigenvalue weighted by Gasteiger charge is 2.34. The Labute approximate surface area is 199 Å². The molecule has 1 unspecified atom stereocenters. The lowest BCUT2D eigenvalue weighted by Crippen LogP contribution is -2.49. The van der Waals surface area contributed by atoms with Crippen molar-refractivity contribution in [1.82, 2.24) is 19.8 Å². The number of hydrogen-bond acceptors (Lipinski definition) is 8. The summed E-state index contributed by atoms with van der Waals surface area (Å²) in [6.45, 7) is 1.29. The summed E-state index contributed by atoms with van der Waals surface area (Å²) in [6, 6.07) is 0.942. The van der Waals surface area contributed by atoms with Gasteiger partial charge in [0.15, 0.2) is 11.6 Å². The zero-order valence-corrected chi connectivity index (χ0v) is 18.5. The van der Waals surface area contributed by atoms with Gasteiger partial charge in [-0.05, 0) is 17.8 Å². The maximum atomic E-state index is 13.9. The molecule has 11 nitrogen and oxygen atoms in total. The number of carbonyl (C=O) groups excluding carboxylic acids is 1. The van der Waals surface area contributed by atoms with E-state index in [0.29, 0.717) is 38.1 Å². The summed E-state index contributed by atoms with van der Waals surface area (Å²) in [5, 5.41) is 13.6. The molecule has 3 heterocycles. The summed E-state index contributed by atoms with van der Waals surface area (Å²) in [7, 11) is 0. The number of amides is 1. The smallest absolute Gasteiger partial charge is 0.490 e. The van der Waals surface area contributed by atoms with E-state index in [0.717, 1.165) is 0 Å². The van der Waals surface area contributed by atoms with Crippen LogP contribution in [0.25, 0.3) is 0 Å². The summed E-state index contributed by atoms with van der Waals surface area (Å²) in [4.78, 5) is 28.2. The average molecular weight is 521 g/mol. The predicted octanol–water partition coefficient (Wildman–Crippen LogP) is 2.39. The van der Waals surface area contributed by atoms with Gasteiger partial charge in [-0.3, -0.25) is 14.3 Å². The van der Waals surface area contributed by atoms with Gasteiger partial charge in [0, 0.05) is 30.2 Å². The minimum Gasteiger partial charge on any atom is -0.490 e. The standard InChI is InChI=1S/C20H20F5N5O6/c21-14-5-13(6-15(22)18(14)36-20(23,24)25)35-12-1-3-28(4-2-12)9-17(31)26-11-7-29-8-16(30(32)33)27-19(29)34-10-11/h5-6,8,11-12H,1-4,7,9-10H2,(H,26,31). The van der Waals surface area contributed by atoms with E-state index in [2.05, 4.69) is 15.0 Å². The first-order chi connectivity index (χ1) is 17.0. The van der Waals surface area contributed by atoms with Crippen LogP contribution in [0.1, 0.15) is 12.8 Å². The Balaban J connectivity index is 1.23. The number of fused-ring (bicyclic) bond motifs is 1. The monoisotopic (exact) mass is 521 g/mol. The fourth-order valence-corrected chi connectivity index (χ4v) is 3.94. The van der Waals surface area contributed by atoms with Gasteiger partial charge in [-0.25, -0.2) is 8.78 Å². The molecule has 0 saturated carbocycles. The summed E-state index contributed by atoms with van der Waals surface area (Å²) in [5.41, 5.74) is 0. The van der Waals surface area contributed by atoms with Gasteiger partial charge in [0.25, 0.3) is 0 Å². The van der Waals surface area contributed by atoms with Gasteiger partial charge in [0.05, 0.1) is 19.1 Å². The van der Waals surface area contributed by atoms with Gasteiger partial charge in [-0.2, -0.15) is 0 Å². The number of likely N-dealkylation sites (tertiary alicyclic amines) is 1. The van der Waals surface area contributed by atoms with Gasteiger partial charge in [-0.1, -0.05) is 0 Å². The third-order valence-corrected chi connectivity index (χ3v) is 5.50. The second-order valence-electron chi connectivity index (χ2n) is 8.22. The molecule has 1 aromatic heterocycles. The van der Waals surface area contributed by atoms with E-state index in [1.165, 1.54) is 10.8 Å². The van der Waals surface area contributed by atoms with Gasteiger partial charge in [0.2, 0.25) is 11.7 Å². The molecular weight excluding hydrogens is 501 g/mol. The van der Waals surface area contributed by atoms with Gasteiger partial charge < -0.3 is 29.6 Å². The lowest BCUT2D eigenvalue weighted by atomic mass is 10.1. The highest BCUT2D eigenvalue weighted by Crippen LogP contribution is 2.32. The SMILES string of the molecule is O=C(CN1CCC(Oc2cc(F)c(OC(F)(F)F)c(F)c2)CC1)NC1COc2nc([N+](=O)[O-])cn2C1. The molecule has 196 valence electrons. The van der Waals surface area contributed by atoms with Crippen molar-refractivity contribution in [2.75, 3.05) is 26.2 Å². The Hall–Kier alpha value is -3.69. The molecule has 1 fully saturated rings. The van der Waals surface area contributed by atoms with Crippen LogP contribution in [0.3, 0.4) is 0 Å². The molecule has 0 spiro atoms. The van der Waals surface area contributed by atoms with Crippen LogP contribution in [-0.4, -0.2) is 70.0 Å². The van der Waals surface area contributed by atoms with E-state index in [1.54, 1.807) is 0 Å². The van der Waals surface area contributed by atoms with Crippen LogP contribution in [0.4, 0.5) is 27.8 Å². The zero-order chi connectivity index (χ0) is 26.0. The quantitative estimate of drug-likeness (QED) is 0.335. The minimum absolute atomic E-state index is 0.0624. The molecule has 36 heavy (non-hydrogen) atoms. The fourth-order valence-electron chi connectivity index (χ4n) is 3.94. The van der Waals surface area contributed by atoms with E-state index in [1.807, 2.05) is 4.90 Å². The van der Waals surface area contributed by atoms with Crippen LogP contribution in [0.15, 0.2) is 18.3 Å². The summed E-state index contributed by atoms with van der Waals surface area (Å²) >= 11 is 0. The van der Waals surface area contributed by atoms with Crippen molar-refractivity contribution in [1.29, 1.82) is 0 Å². The normalized spacial score (nSPS) is 18.8. The Morgan fingerprint density at radius 2 is 1.92 bits per heavy atom. The summed E-state index contributed by atoms with van der Waals surface area (Å²) in [6.07, 6.45) is -3.65. The number of benzene rings is 1. The molecule has 1 aromatic carbocycles. The van der Waals surface area contributed by atoms with Crippen LogP contribution in [0.5, 0.6) is 17.5 Å². The van der Waals surface area contributed by atoms with Crippen molar-refractivity contribution >= 4 is 11.7 Å². The Morgan fingerprint density at radius 3 is 2.53 bits per heavy atom. The number of imidazole rings is 1. The van der Waals surface area contributed by atoms with E-state index < -0.39 is 40.8 Å². The molecule has 0 bridgehead atoms. The Kier molecular flexibility index (Phi) is 7.14. The van der Waals surface area contributed by atoms with Crippen molar-refractivity contribution in [3.63, 3.8) is 0 Å². The first-order valence-electron chi connectivity index (χ1n) is 10.7. The average Bonchev–Trinajstić information content (AvgIpc) is 3.21. The topological polar surface area (TPSA) is 121 Å². The van der Waals surface area contributed by atoms with Crippen molar-refractivity contribution in [3.05, 3.63) is 40.1 Å².